The van der Waals surface area contributed by atoms with Crippen molar-refractivity contribution in [2.75, 3.05) is 13.2 Å². The average Bonchev–Trinajstić information content (AvgIpc) is 2.52. The zero-order valence-corrected chi connectivity index (χ0v) is 8.23. The van der Waals surface area contributed by atoms with Crippen LogP contribution in [0.25, 0.3) is 0 Å². The fraction of sp³-hybridized carbons (Fsp3) is 0.500. The van der Waals surface area contributed by atoms with Gasteiger partial charge in [0, 0.05) is 0 Å². The number of allylic oxidation sites excluding steroid dienone is 2. The van der Waals surface area contributed by atoms with E-state index >= 15 is 0 Å². The first-order chi connectivity index (χ1) is 6.29. The Morgan fingerprint density at radius 1 is 1.38 bits per heavy atom. The summed E-state index contributed by atoms with van der Waals surface area (Å²) >= 11 is 0. The fourth-order valence-electron chi connectivity index (χ4n) is 2.14. The molecule has 2 aliphatic rings. The lowest BCUT2D eigenvalue weighted by atomic mass is 9.95. The van der Waals surface area contributed by atoms with Gasteiger partial charge in [-0.25, -0.2) is 0 Å². The van der Waals surface area contributed by atoms with Crippen molar-refractivity contribution in [3.8, 4) is 0 Å². The third kappa shape index (κ3) is 1.61. The SMILES string of the molecule is C=C1COCC=C1C1=C(C)CCC1. The molecule has 0 saturated carbocycles. The topological polar surface area (TPSA) is 9.23 Å². The van der Waals surface area contributed by atoms with Crippen molar-refractivity contribution in [3.63, 3.8) is 0 Å². The van der Waals surface area contributed by atoms with Crippen LogP contribution in [0.2, 0.25) is 0 Å². The Kier molecular flexibility index (Phi) is 2.36. The van der Waals surface area contributed by atoms with Crippen molar-refractivity contribution in [2.45, 2.75) is 26.2 Å². The van der Waals surface area contributed by atoms with Crippen molar-refractivity contribution in [3.05, 3.63) is 34.9 Å². The predicted molar refractivity (Wildman–Crippen MR) is 54.6 cm³/mol. The van der Waals surface area contributed by atoms with Gasteiger partial charge in [0.05, 0.1) is 13.2 Å². The molecule has 0 aromatic heterocycles. The molecule has 1 aliphatic carbocycles. The molecule has 0 aromatic carbocycles. The largest absolute Gasteiger partial charge is 0.373 e. The molecule has 0 aromatic rings. The molecule has 70 valence electrons. The highest BCUT2D eigenvalue weighted by atomic mass is 16.5. The molecule has 1 heterocycles. The summed E-state index contributed by atoms with van der Waals surface area (Å²) in [5, 5.41) is 0. The van der Waals surface area contributed by atoms with Crippen molar-refractivity contribution >= 4 is 0 Å². The van der Waals surface area contributed by atoms with Crippen molar-refractivity contribution < 1.29 is 4.74 Å². The van der Waals surface area contributed by atoms with Gasteiger partial charge >= 0.3 is 0 Å². The minimum absolute atomic E-state index is 0.711. The van der Waals surface area contributed by atoms with Crippen LogP contribution in [0.1, 0.15) is 26.2 Å². The van der Waals surface area contributed by atoms with Crippen LogP contribution in [-0.4, -0.2) is 13.2 Å². The molecule has 0 fully saturated rings. The van der Waals surface area contributed by atoms with Gasteiger partial charge in [-0.15, -0.1) is 0 Å². The maximum Gasteiger partial charge on any atom is 0.0721 e. The lowest BCUT2D eigenvalue weighted by molar-refractivity contribution is 0.181. The Balaban J connectivity index is 2.29. The Morgan fingerprint density at radius 3 is 2.85 bits per heavy atom. The van der Waals surface area contributed by atoms with E-state index in [2.05, 4.69) is 19.6 Å². The molecule has 0 unspecified atom stereocenters. The van der Waals surface area contributed by atoms with Gasteiger partial charge in [-0.2, -0.15) is 0 Å². The van der Waals surface area contributed by atoms with E-state index in [9.17, 15) is 0 Å². The lowest BCUT2D eigenvalue weighted by Crippen LogP contribution is -2.09. The van der Waals surface area contributed by atoms with E-state index in [1.165, 1.54) is 30.4 Å². The van der Waals surface area contributed by atoms with Gasteiger partial charge in [0.15, 0.2) is 0 Å². The van der Waals surface area contributed by atoms with Gasteiger partial charge in [-0.3, -0.25) is 0 Å². The van der Waals surface area contributed by atoms with Gasteiger partial charge in [0.2, 0.25) is 0 Å². The molecule has 1 heteroatoms. The van der Waals surface area contributed by atoms with Gasteiger partial charge in [0.25, 0.3) is 0 Å². The molecule has 0 atom stereocenters. The van der Waals surface area contributed by atoms with Crippen LogP contribution in [-0.2, 0) is 4.74 Å². The third-order valence-electron chi connectivity index (χ3n) is 2.88. The molecular weight excluding hydrogens is 160 g/mol. The second-order valence-electron chi connectivity index (χ2n) is 3.85. The van der Waals surface area contributed by atoms with Crippen LogP contribution in [0.5, 0.6) is 0 Å². The van der Waals surface area contributed by atoms with Gasteiger partial charge in [-0.05, 0) is 42.9 Å². The summed E-state index contributed by atoms with van der Waals surface area (Å²) in [4.78, 5) is 0. The average molecular weight is 176 g/mol. The van der Waals surface area contributed by atoms with E-state index in [4.69, 9.17) is 4.74 Å². The standard InChI is InChI=1S/C12H16O/c1-9-4-3-5-11(9)12-6-7-13-8-10(12)2/h6H,2-5,7-8H2,1H3. The van der Waals surface area contributed by atoms with Gasteiger partial charge < -0.3 is 4.74 Å². The quantitative estimate of drug-likeness (QED) is 0.596. The van der Waals surface area contributed by atoms with E-state index in [0.717, 1.165) is 12.2 Å². The summed E-state index contributed by atoms with van der Waals surface area (Å²) in [7, 11) is 0. The number of rotatable bonds is 1. The Morgan fingerprint density at radius 2 is 2.23 bits per heavy atom. The minimum Gasteiger partial charge on any atom is -0.373 e. The summed E-state index contributed by atoms with van der Waals surface area (Å²) < 4.78 is 5.31. The second kappa shape index (κ2) is 3.51. The Labute approximate surface area is 79.8 Å². The minimum atomic E-state index is 0.711. The van der Waals surface area contributed by atoms with E-state index in [1.807, 2.05) is 0 Å². The molecule has 0 bridgehead atoms. The normalized spacial score (nSPS) is 23.8. The lowest BCUT2D eigenvalue weighted by Gasteiger charge is -2.18. The molecule has 1 nitrogen and oxygen atoms in total. The Hall–Kier alpha value is -0.820. The van der Waals surface area contributed by atoms with Crippen molar-refractivity contribution in [2.24, 2.45) is 0 Å². The molecule has 0 spiro atoms. The highest BCUT2D eigenvalue weighted by Crippen LogP contribution is 2.34. The van der Waals surface area contributed by atoms with Crippen molar-refractivity contribution in [1.29, 1.82) is 0 Å². The maximum atomic E-state index is 5.31. The van der Waals surface area contributed by atoms with Crippen LogP contribution in [0.4, 0.5) is 0 Å². The highest BCUT2D eigenvalue weighted by molar-refractivity contribution is 5.50. The number of ether oxygens (including phenoxy) is 1. The van der Waals surface area contributed by atoms with E-state index in [1.54, 1.807) is 5.57 Å². The van der Waals surface area contributed by atoms with Crippen molar-refractivity contribution in [1.82, 2.24) is 0 Å². The van der Waals surface area contributed by atoms with Crippen LogP contribution in [0.15, 0.2) is 34.9 Å². The summed E-state index contributed by atoms with van der Waals surface area (Å²) in [6.07, 6.45) is 5.99. The third-order valence-corrected chi connectivity index (χ3v) is 2.88. The Bertz CT molecular complexity index is 294. The molecule has 13 heavy (non-hydrogen) atoms. The van der Waals surface area contributed by atoms with Crippen LogP contribution >= 0.6 is 0 Å². The second-order valence-corrected chi connectivity index (χ2v) is 3.85. The smallest absolute Gasteiger partial charge is 0.0721 e. The number of hydrogen-bond donors (Lipinski definition) is 0. The fourth-order valence-corrected chi connectivity index (χ4v) is 2.14. The molecule has 0 saturated heterocycles. The van der Waals surface area contributed by atoms with Crippen LogP contribution < -0.4 is 0 Å². The first-order valence-corrected chi connectivity index (χ1v) is 4.94. The summed E-state index contributed by atoms with van der Waals surface area (Å²) in [6, 6.07) is 0. The van der Waals surface area contributed by atoms with Crippen LogP contribution in [0, 0.1) is 0 Å². The van der Waals surface area contributed by atoms with E-state index in [-0.39, 0.29) is 0 Å². The molecule has 0 N–H and O–H groups in total. The maximum absolute atomic E-state index is 5.31. The van der Waals surface area contributed by atoms with Crippen LogP contribution in [0.3, 0.4) is 0 Å². The first-order valence-electron chi connectivity index (χ1n) is 4.94. The highest BCUT2D eigenvalue weighted by Gasteiger charge is 2.18. The molecule has 0 amide bonds. The molecule has 2 rings (SSSR count). The summed E-state index contributed by atoms with van der Waals surface area (Å²) in [5.74, 6) is 0. The predicted octanol–water partition coefficient (Wildman–Crippen LogP) is 3.00. The molecule has 1 aliphatic heterocycles. The van der Waals surface area contributed by atoms with E-state index in [0.29, 0.717) is 6.61 Å². The summed E-state index contributed by atoms with van der Waals surface area (Å²) in [5.41, 5.74) is 5.62. The monoisotopic (exact) mass is 176 g/mol. The van der Waals surface area contributed by atoms with E-state index < -0.39 is 0 Å². The first kappa shape index (κ1) is 8.76. The molecular formula is C12H16O. The van der Waals surface area contributed by atoms with Gasteiger partial charge in [-0.1, -0.05) is 18.2 Å². The van der Waals surface area contributed by atoms with Gasteiger partial charge in [0.1, 0.15) is 0 Å². The zero-order chi connectivity index (χ0) is 9.26. The molecule has 0 radical (unpaired) electrons. The number of hydrogen-bond acceptors (Lipinski definition) is 1. The summed E-state index contributed by atoms with van der Waals surface area (Å²) in [6.45, 7) is 7.76. The zero-order valence-electron chi connectivity index (χ0n) is 8.23.